The molecule has 0 spiro atoms. The van der Waals surface area contributed by atoms with Crippen molar-refractivity contribution in [3.05, 3.63) is 59.2 Å². The van der Waals surface area contributed by atoms with Gasteiger partial charge in [0.1, 0.15) is 24.7 Å². The molecule has 27 heavy (non-hydrogen) atoms. The van der Waals surface area contributed by atoms with Gasteiger partial charge in [-0.3, -0.25) is 0 Å². The first-order chi connectivity index (χ1) is 12.5. The molecule has 0 radical (unpaired) electrons. The molecule has 0 aromatic heterocycles. The van der Waals surface area contributed by atoms with Gasteiger partial charge < -0.3 is 14.6 Å². The summed E-state index contributed by atoms with van der Waals surface area (Å²) in [5.74, 6) is 0.418. The Bertz CT molecular complexity index is 795. The van der Waals surface area contributed by atoms with Crippen molar-refractivity contribution in [1.82, 2.24) is 0 Å². The minimum atomic E-state index is -0.967. The van der Waals surface area contributed by atoms with Crippen LogP contribution in [0, 0.1) is 0 Å². The van der Waals surface area contributed by atoms with Crippen LogP contribution in [0.2, 0.25) is 0 Å². The topological polar surface area (TPSA) is 55.8 Å². The molecule has 0 heterocycles. The third kappa shape index (κ3) is 5.75. The van der Waals surface area contributed by atoms with Crippen LogP contribution in [0.1, 0.15) is 63.0 Å². The molecule has 146 valence electrons. The van der Waals surface area contributed by atoms with Gasteiger partial charge in [-0.2, -0.15) is 0 Å². The van der Waals surface area contributed by atoms with E-state index >= 15 is 0 Å². The molecule has 4 nitrogen and oxygen atoms in total. The van der Waals surface area contributed by atoms with Gasteiger partial charge in [-0.1, -0.05) is 59.7 Å². The Balaban J connectivity index is 2.05. The van der Waals surface area contributed by atoms with Crippen LogP contribution in [0.25, 0.3) is 0 Å². The molecular weight excluding hydrogens is 340 g/mol. The molecule has 0 aliphatic carbocycles. The van der Waals surface area contributed by atoms with Gasteiger partial charge in [0.2, 0.25) is 0 Å². The number of carboxylic acid groups (broad SMARTS) is 1. The van der Waals surface area contributed by atoms with Crippen molar-refractivity contribution in [2.24, 2.45) is 0 Å². The summed E-state index contributed by atoms with van der Waals surface area (Å²) in [5, 5.41) is 9.04. The fourth-order valence-corrected chi connectivity index (χ4v) is 2.74. The number of carboxylic acids is 1. The predicted octanol–water partition coefficient (Wildman–Crippen LogP) is 5.44. The minimum absolute atomic E-state index is 0.0345. The number of carbonyl (C=O) groups is 1. The Morgan fingerprint density at radius 3 is 2.15 bits per heavy atom. The second kappa shape index (κ2) is 8.03. The van der Waals surface area contributed by atoms with Gasteiger partial charge in [0.05, 0.1) is 5.56 Å². The highest BCUT2D eigenvalue weighted by Crippen LogP contribution is 2.35. The summed E-state index contributed by atoms with van der Waals surface area (Å²) in [6, 6.07) is 12.8. The van der Waals surface area contributed by atoms with Gasteiger partial charge in [0.25, 0.3) is 0 Å². The summed E-state index contributed by atoms with van der Waals surface area (Å²) in [5.41, 5.74) is 2.70. The van der Waals surface area contributed by atoms with Gasteiger partial charge >= 0.3 is 5.97 Å². The quantitative estimate of drug-likeness (QED) is 0.688. The highest BCUT2D eigenvalue weighted by atomic mass is 16.5. The van der Waals surface area contributed by atoms with Crippen LogP contribution in [0.15, 0.2) is 42.5 Å². The highest BCUT2D eigenvalue weighted by molar-refractivity contribution is 5.87. The van der Waals surface area contributed by atoms with Gasteiger partial charge in [-0.05, 0) is 46.2 Å². The molecule has 4 heteroatoms. The van der Waals surface area contributed by atoms with E-state index in [4.69, 9.17) is 14.6 Å². The largest absolute Gasteiger partial charge is 0.490 e. The normalized spacial score (nSPS) is 11.9. The van der Waals surface area contributed by atoms with Crippen LogP contribution in [-0.4, -0.2) is 24.3 Å². The number of rotatable bonds is 6. The molecule has 0 aliphatic heterocycles. The molecule has 0 unspecified atom stereocenters. The maximum atomic E-state index is 11.0. The third-order valence-electron chi connectivity index (χ3n) is 4.34. The van der Waals surface area contributed by atoms with E-state index in [0.717, 1.165) is 5.75 Å². The monoisotopic (exact) mass is 370 g/mol. The average molecular weight is 370 g/mol. The smallest absolute Gasteiger partial charge is 0.335 e. The van der Waals surface area contributed by atoms with E-state index in [1.165, 1.54) is 23.3 Å². The van der Waals surface area contributed by atoms with E-state index in [2.05, 4.69) is 53.7 Å². The van der Waals surface area contributed by atoms with Crippen LogP contribution < -0.4 is 9.47 Å². The molecule has 2 rings (SSSR count). The summed E-state index contributed by atoms with van der Waals surface area (Å²) >= 11 is 0. The predicted molar refractivity (Wildman–Crippen MR) is 108 cm³/mol. The fraction of sp³-hybridized carbons (Fsp3) is 0.435. The molecule has 0 saturated carbocycles. The zero-order valence-corrected chi connectivity index (χ0v) is 17.1. The SMILES string of the molecule is CC(C)(C)c1ccc(OCCOc2cccc(C(=O)O)c2)c(C(C)(C)C)c1. The molecule has 0 amide bonds. The van der Waals surface area contributed by atoms with E-state index in [0.29, 0.717) is 19.0 Å². The minimum Gasteiger partial charge on any atom is -0.490 e. The van der Waals surface area contributed by atoms with Crippen LogP contribution in [0.5, 0.6) is 11.5 Å². The van der Waals surface area contributed by atoms with E-state index in [1.54, 1.807) is 12.1 Å². The second-order valence-electron chi connectivity index (χ2n) is 8.74. The zero-order valence-electron chi connectivity index (χ0n) is 17.1. The Morgan fingerprint density at radius 1 is 0.889 bits per heavy atom. The van der Waals surface area contributed by atoms with Gasteiger partial charge in [-0.25, -0.2) is 4.79 Å². The van der Waals surface area contributed by atoms with Crippen molar-refractivity contribution < 1.29 is 19.4 Å². The van der Waals surface area contributed by atoms with Crippen molar-refractivity contribution >= 4 is 5.97 Å². The molecule has 2 aromatic carbocycles. The van der Waals surface area contributed by atoms with Crippen molar-refractivity contribution in [3.8, 4) is 11.5 Å². The lowest BCUT2D eigenvalue weighted by atomic mass is 9.80. The molecule has 2 aromatic rings. The fourth-order valence-electron chi connectivity index (χ4n) is 2.74. The van der Waals surface area contributed by atoms with Crippen molar-refractivity contribution in [1.29, 1.82) is 0 Å². The number of aromatic carboxylic acids is 1. The lowest BCUT2D eigenvalue weighted by Crippen LogP contribution is -2.19. The number of hydrogen-bond acceptors (Lipinski definition) is 3. The maximum Gasteiger partial charge on any atom is 0.335 e. The molecule has 0 fully saturated rings. The molecular formula is C23H30O4. The van der Waals surface area contributed by atoms with Crippen molar-refractivity contribution in [2.75, 3.05) is 13.2 Å². The van der Waals surface area contributed by atoms with Gasteiger partial charge in [-0.15, -0.1) is 0 Å². The number of hydrogen-bond donors (Lipinski definition) is 1. The van der Waals surface area contributed by atoms with Crippen LogP contribution >= 0.6 is 0 Å². The first-order valence-corrected chi connectivity index (χ1v) is 9.22. The van der Waals surface area contributed by atoms with E-state index in [1.807, 2.05) is 6.07 Å². The first kappa shape index (κ1) is 20.8. The number of ether oxygens (including phenoxy) is 2. The summed E-state index contributed by atoms with van der Waals surface area (Å²) < 4.78 is 11.6. The standard InChI is InChI=1S/C23H30O4/c1-22(2,3)17-10-11-20(19(15-17)23(4,5)6)27-13-12-26-18-9-7-8-16(14-18)21(24)25/h7-11,14-15H,12-13H2,1-6H3,(H,24,25). The molecule has 1 N–H and O–H groups in total. The molecule has 0 bridgehead atoms. The Kier molecular flexibility index (Phi) is 6.19. The van der Waals surface area contributed by atoms with Crippen LogP contribution in [0.4, 0.5) is 0 Å². The van der Waals surface area contributed by atoms with E-state index < -0.39 is 5.97 Å². The molecule has 0 atom stereocenters. The first-order valence-electron chi connectivity index (χ1n) is 9.22. The Labute approximate surface area is 162 Å². The lowest BCUT2D eigenvalue weighted by molar-refractivity contribution is 0.0696. The zero-order chi connectivity index (χ0) is 20.2. The summed E-state index contributed by atoms with van der Waals surface area (Å²) in [6.07, 6.45) is 0. The highest BCUT2D eigenvalue weighted by Gasteiger charge is 2.23. The van der Waals surface area contributed by atoms with Crippen molar-refractivity contribution in [2.45, 2.75) is 52.4 Å². The lowest BCUT2D eigenvalue weighted by Gasteiger charge is -2.27. The Morgan fingerprint density at radius 2 is 1.56 bits per heavy atom. The van der Waals surface area contributed by atoms with Crippen LogP contribution in [-0.2, 0) is 10.8 Å². The van der Waals surface area contributed by atoms with Gasteiger partial charge in [0, 0.05) is 0 Å². The summed E-state index contributed by atoms with van der Waals surface area (Å²) in [6.45, 7) is 13.9. The van der Waals surface area contributed by atoms with Crippen molar-refractivity contribution in [3.63, 3.8) is 0 Å². The summed E-state index contributed by atoms with van der Waals surface area (Å²) in [4.78, 5) is 11.0. The average Bonchev–Trinajstić information content (AvgIpc) is 2.57. The van der Waals surface area contributed by atoms with Crippen LogP contribution in [0.3, 0.4) is 0 Å². The van der Waals surface area contributed by atoms with Gasteiger partial charge in [0.15, 0.2) is 0 Å². The summed E-state index contributed by atoms with van der Waals surface area (Å²) in [7, 11) is 0. The molecule has 0 aliphatic rings. The van der Waals surface area contributed by atoms with E-state index in [-0.39, 0.29) is 16.4 Å². The molecule has 0 saturated heterocycles. The maximum absolute atomic E-state index is 11.0. The van der Waals surface area contributed by atoms with E-state index in [9.17, 15) is 4.79 Å². The third-order valence-corrected chi connectivity index (χ3v) is 4.34. The number of benzene rings is 2. The second-order valence-corrected chi connectivity index (χ2v) is 8.74. The Hall–Kier alpha value is -2.49.